The highest BCUT2D eigenvalue weighted by Gasteiger charge is 2.19. The smallest absolute Gasteiger partial charge is 0.263 e. The van der Waals surface area contributed by atoms with Gasteiger partial charge >= 0.3 is 0 Å². The molecule has 0 amide bonds. The summed E-state index contributed by atoms with van der Waals surface area (Å²) in [5.74, 6) is 0.274. The van der Waals surface area contributed by atoms with Crippen LogP contribution in [0.3, 0.4) is 0 Å². The molecule has 0 unspecified atom stereocenters. The van der Waals surface area contributed by atoms with E-state index >= 15 is 0 Å². The molecule has 0 aliphatic rings. The van der Waals surface area contributed by atoms with Crippen LogP contribution >= 0.6 is 0 Å². The first-order valence-electron chi connectivity index (χ1n) is 8.33. The molecule has 0 bridgehead atoms. The molecular formula is C19H21N3O3S. The van der Waals surface area contributed by atoms with E-state index in [0.29, 0.717) is 18.5 Å². The molecule has 1 heterocycles. The summed E-state index contributed by atoms with van der Waals surface area (Å²) in [5.41, 5.74) is 2.69. The summed E-state index contributed by atoms with van der Waals surface area (Å²) in [7, 11) is -3.73. The van der Waals surface area contributed by atoms with Crippen molar-refractivity contribution in [1.82, 2.24) is 9.78 Å². The fourth-order valence-corrected chi connectivity index (χ4v) is 3.61. The SMILES string of the molecule is Cc1ccc(-c2cn(CCCO)nc2NS(=O)(=O)c2ccccc2)cc1. The zero-order chi connectivity index (χ0) is 18.6. The summed E-state index contributed by atoms with van der Waals surface area (Å²) in [6.07, 6.45) is 2.34. The molecular weight excluding hydrogens is 350 g/mol. The lowest BCUT2D eigenvalue weighted by atomic mass is 10.1. The fourth-order valence-electron chi connectivity index (χ4n) is 2.57. The first-order valence-corrected chi connectivity index (χ1v) is 9.81. The number of hydrogen-bond donors (Lipinski definition) is 2. The second-order valence-corrected chi connectivity index (χ2v) is 7.70. The number of aromatic nitrogens is 2. The van der Waals surface area contributed by atoms with Gasteiger partial charge in [-0.25, -0.2) is 8.42 Å². The molecule has 136 valence electrons. The van der Waals surface area contributed by atoms with Gasteiger partial charge in [-0.05, 0) is 31.0 Å². The lowest BCUT2D eigenvalue weighted by Crippen LogP contribution is -2.14. The molecule has 0 aliphatic carbocycles. The first-order chi connectivity index (χ1) is 12.5. The van der Waals surface area contributed by atoms with E-state index in [9.17, 15) is 8.42 Å². The molecule has 3 rings (SSSR count). The zero-order valence-corrected chi connectivity index (χ0v) is 15.3. The molecule has 26 heavy (non-hydrogen) atoms. The lowest BCUT2D eigenvalue weighted by molar-refractivity contribution is 0.277. The largest absolute Gasteiger partial charge is 0.396 e. The third kappa shape index (κ3) is 4.12. The standard InChI is InChI=1S/C19H21N3O3S/c1-15-8-10-16(11-9-15)18-14-22(12-5-13-23)20-19(18)21-26(24,25)17-6-3-2-4-7-17/h2-4,6-11,14,23H,5,12-13H2,1H3,(H,20,21). The Morgan fingerprint density at radius 2 is 1.77 bits per heavy atom. The normalized spacial score (nSPS) is 11.5. The van der Waals surface area contributed by atoms with Crippen LogP contribution < -0.4 is 4.72 Å². The van der Waals surface area contributed by atoms with Gasteiger partial charge in [0.1, 0.15) is 0 Å². The molecule has 0 saturated carbocycles. The van der Waals surface area contributed by atoms with Crippen LogP contribution in [0, 0.1) is 6.92 Å². The molecule has 3 aromatic rings. The maximum Gasteiger partial charge on any atom is 0.263 e. The predicted octanol–water partition coefficient (Wildman–Crippen LogP) is 3.04. The van der Waals surface area contributed by atoms with Gasteiger partial charge in [0.05, 0.1) is 4.90 Å². The van der Waals surface area contributed by atoms with Gasteiger partial charge in [-0.15, -0.1) is 0 Å². The third-order valence-corrected chi connectivity index (χ3v) is 5.31. The predicted molar refractivity (Wildman–Crippen MR) is 101 cm³/mol. The third-order valence-electron chi connectivity index (χ3n) is 3.95. The molecule has 7 heteroatoms. The average Bonchev–Trinajstić information content (AvgIpc) is 3.03. The monoisotopic (exact) mass is 371 g/mol. The number of aliphatic hydroxyl groups is 1. The number of nitrogens with one attached hydrogen (secondary N) is 1. The molecule has 0 fully saturated rings. The van der Waals surface area contributed by atoms with Crippen molar-refractivity contribution in [3.63, 3.8) is 0 Å². The minimum atomic E-state index is -3.73. The van der Waals surface area contributed by atoms with Crippen LogP contribution in [0.5, 0.6) is 0 Å². The molecule has 1 aromatic heterocycles. The Labute approximate surface area is 153 Å². The number of aryl methyl sites for hydroxylation is 2. The van der Waals surface area contributed by atoms with E-state index in [1.165, 1.54) is 12.1 Å². The van der Waals surface area contributed by atoms with Gasteiger partial charge < -0.3 is 5.11 Å². The molecule has 0 atom stereocenters. The van der Waals surface area contributed by atoms with E-state index < -0.39 is 10.0 Å². The van der Waals surface area contributed by atoms with E-state index in [2.05, 4.69) is 9.82 Å². The lowest BCUT2D eigenvalue weighted by Gasteiger charge is -2.08. The van der Waals surface area contributed by atoms with Crippen molar-refractivity contribution in [3.8, 4) is 11.1 Å². The van der Waals surface area contributed by atoms with Crippen LogP contribution in [-0.4, -0.2) is 29.9 Å². The van der Waals surface area contributed by atoms with Crippen molar-refractivity contribution in [2.75, 3.05) is 11.3 Å². The van der Waals surface area contributed by atoms with Crippen LogP contribution in [0.15, 0.2) is 65.7 Å². The molecule has 0 spiro atoms. The highest BCUT2D eigenvalue weighted by atomic mass is 32.2. The van der Waals surface area contributed by atoms with Crippen molar-refractivity contribution in [3.05, 3.63) is 66.4 Å². The van der Waals surface area contributed by atoms with Crippen LogP contribution in [0.2, 0.25) is 0 Å². The Morgan fingerprint density at radius 1 is 1.08 bits per heavy atom. The van der Waals surface area contributed by atoms with Crippen molar-refractivity contribution < 1.29 is 13.5 Å². The van der Waals surface area contributed by atoms with Gasteiger partial charge in [-0.2, -0.15) is 5.10 Å². The quantitative estimate of drug-likeness (QED) is 0.669. The number of aliphatic hydroxyl groups excluding tert-OH is 1. The second-order valence-electron chi connectivity index (χ2n) is 6.02. The Hall–Kier alpha value is -2.64. The minimum absolute atomic E-state index is 0.0464. The topological polar surface area (TPSA) is 84.2 Å². The number of anilines is 1. The Morgan fingerprint density at radius 3 is 2.42 bits per heavy atom. The van der Waals surface area contributed by atoms with E-state index in [1.54, 1.807) is 29.1 Å². The van der Waals surface area contributed by atoms with E-state index in [1.807, 2.05) is 31.2 Å². The van der Waals surface area contributed by atoms with Crippen molar-refractivity contribution in [2.45, 2.75) is 24.8 Å². The molecule has 6 nitrogen and oxygen atoms in total. The summed E-state index contributed by atoms with van der Waals surface area (Å²) >= 11 is 0. The number of nitrogens with zero attached hydrogens (tertiary/aromatic N) is 2. The molecule has 0 radical (unpaired) electrons. The Kier molecular flexibility index (Phi) is 5.39. The zero-order valence-electron chi connectivity index (χ0n) is 14.5. The second kappa shape index (κ2) is 7.72. The van der Waals surface area contributed by atoms with Crippen molar-refractivity contribution >= 4 is 15.8 Å². The van der Waals surface area contributed by atoms with Gasteiger partial charge in [-0.3, -0.25) is 9.40 Å². The maximum absolute atomic E-state index is 12.7. The Bertz CT molecular complexity index is 965. The first kappa shape index (κ1) is 18.2. The van der Waals surface area contributed by atoms with Crippen LogP contribution in [0.25, 0.3) is 11.1 Å². The summed E-state index contributed by atoms with van der Waals surface area (Å²) in [4.78, 5) is 0.180. The molecule has 0 saturated heterocycles. The number of sulfonamides is 1. The van der Waals surface area contributed by atoms with E-state index in [0.717, 1.165) is 11.1 Å². The number of hydrogen-bond acceptors (Lipinski definition) is 4. The molecule has 0 aliphatic heterocycles. The van der Waals surface area contributed by atoms with Gasteiger partial charge in [0.2, 0.25) is 0 Å². The van der Waals surface area contributed by atoms with E-state index in [-0.39, 0.29) is 17.3 Å². The van der Waals surface area contributed by atoms with Crippen LogP contribution in [-0.2, 0) is 16.6 Å². The summed E-state index contributed by atoms with van der Waals surface area (Å²) in [6.45, 7) is 2.54. The summed E-state index contributed by atoms with van der Waals surface area (Å²) < 4.78 is 29.6. The number of benzene rings is 2. The summed E-state index contributed by atoms with van der Waals surface area (Å²) in [5, 5.41) is 13.4. The van der Waals surface area contributed by atoms with Gasteiger partial charge in [0, 0.05) is 24.9 Å². The maximum atomic E-state index is 12.7. The highest BCUT2D eigenvalue weighted by molar-refractivity contribution is 7.92. The molecule has 2 N–H and O–H groups in total. The van der Waals surface area contributed by atoms with Gasteiger partial charge in [0.15, 0.2) is 5.82 Å². The van der Waals surface area contributed by atoms with Crippen LogP contribution in [0.4, 0.5) is 5.82 Å². The molecule has 2 aromatic carbocycles. The van der Waals surface area contributed by atoms with Gasteiger partial charge in [-0.1, -0.05) is 48.0 Å². The van der Waals surface area contributed by atoms with Crippen molar-refractivity contribution in [1.29, 1.82) is 0 Å². The summed E-state index contributed by atoms with van der Waals surface area (Å²) in [6, 6.07) is 16.0. The fraction of sp³-hybridized carbons (Fsp3) is 0.211. The minimum Gasteiger partial charge on any atom is -0.396 e. The van der Waals surface area contributed by atoms with E-state index in [4.69, 9.17) is 5.11 Å². The van der Waals surface area contributed by atoms with Gasteiger partial charge in [0.25, 0.3) is 10.0 Å². The Balaban J connectivity index is 1.99. The number of rotatable bonds is 7. The highest BCUT2D eigenvalue weighted by Crippen LogP contribution is 2.29. The van der Waals surface area contributed by atoms with Crippen molar-refractivity contribution in [2.24, 2.45) is 0 Å². The van der Waals surface area contributed by atoms with Crippen LogP contribution in [0.1, 0.15) is 12.0 Å². The average molecular weight is 371 g/mol.